The maximum atomic E-state index is 8.33. The Balaban J connectivity index is 0.000000461. The molecular weight excluding hydrogens is 204 g/mol. The Morgan fingerprint density at radius 2 is 2.09 bits per heavy atom. The molecule has 0 N–H and O–H groups in total. The standard InChI is InChI=1S/C6H3BrN2.C2H6/c7-6-3-1-2-5(4-8)9-6;1-2/h1-3H;1-2H3. The molecule has 11 heavy (non-hydrogen) atoms. The molecule has 0 fully saturated rings. The number of halogens is 1. The van der Waals surface area contributed by atoms with Crippen LogP contribution >= 0.6 is 15.9 Å². The van der Waals surface area contributed by atoms with E-state index in [0.717, 1.165) is 0 Å². The topological polar surface area (TPSA) is 36.7 Å². The lowest BCUT2D eigenvalue weighted by Gasteiger charge is -1.86. The zero-order chi connectivity index (χ0) is 8.69. The van der Waals surface area contributed by atoms with E-state index in [1.54, 1.807) is 18.2 Å². The maximum absolute atomic E-state index is 8.33. The molecule has 0 unspecified atom stereocenters. The Morgan fingerprint density at radius 1 is 1.45 bits per heavy atom. The van der Waals surface area contributed by atoms with Gasteiger partial charge < -0.3 is 0 Å². The van der Waals surface area contributed by atoms with Crippen LogP contribution < -0.4 is 0 Å². The summed E-state index contributed by atoms with van der Waals surface area (Å²) in [6.07, 6.45) is 0. The predicted molar refractivity (Wildman–Crippen MR) is 48.0 cm³/mol. The van der Waals surface area contributed by atoms with Gasteiger partial charge in [0, 0.05) is 0 Å². The molecule has 3 heteroatoms. The molecular formula is C8H9BrN2. The van der Waals surface area contributed by atoms with Gasteiger partial charge >= 0.3 is 0 Å². The molecule has 0 aromatic carbocycles. The van der Waals surface area contributed by atoms with Crippen molar-refractivity contribution in [3.63, 3.8) is 0 Å². The normalized spacial score (nSPS) is 7.45. The van der Waals surface area contributed by atoms with Crippen LogP contribution in [0.15, 0.2) is 22.8 Å². The highest BCUT2D eigenvalue weighted by Gasteiger charge is 1.89. The Bertz CT molecular complexity index is 253. The molecule has 0 aliphatic carbocycles. The SMILES string of the molecule is CC.N#Cc1cccc(Br)n1. The molecule has 1 heterocycles. The molecule has 0 atom stereocenters. The van der Waals surface area contributed by atoms with Crippen LogP contribution in [-0.4, -0.2) is 4.98 Å². The predicted octanol–water partition coefficient (Wildman–Crippen LogP) is 2.74. The summed E-state index contributed by atoms with van der Waals surface area (Å²) < 4.78 is 0.696. The van der Waals surface area contributed by atoms with Gasteiger partial charge in [-0.15, -0.1) is 0 Å². The second-order valence-electron chi connectivity index (χ2n) is 1.46. The van der Waals surface area contributed by atoms with Crippen molar-refractivity contribution in [2.75, 3.05) is 0 Å². The van der Waals surface area contributed by atoms with Gasteiger partial charge in [0.05, 0.1) is 0 Å². The second-order valence-corrected chi connectivity index (χ2v) is 2.27. The first-order chi connectivity index (χ1) is 5.33. The minimum Gasteiger partial charge on any atom is -0.230 e. The summed E-state index contributed by atoms with van der Waals surface area (Å²) in [4.78, 5) is 3.85. The van der Waals surface area contributed by atoms with Gasteiger partial charge in [0.1, 0.15) is 16.4 Å². The zero-order valence-electron chi connectivity index (χ0n) is 6.50. The number of hydrogen-bond donors (Lipinski definition) is 0. The van der Waals surface area contributed by atoms with Gasteiger partial charge in [0.2, 0.25) is 0 Å². The largest absolute Gasteiger partial charge is 0.230 e. The number of hydrogen-bond acceptors (Lipinski definition) is 2. The van der Waals surface area contributed by atoms with Crippen LogP contribution in [0.3, 0.4) is 0 Å². The first-order valence-electron chi connectivity index (χ1n) is 3.35. The molecule has 0 aliphatic heterocycles. The maximum Gasteiger partial charge on any atom is 0.141 e. The molecule has 0 amide bonds. The van der Waals surface area contributed by atoms with E-state index in [9.17, 15) is 0 Å². The summed E-state index contributed by atoms with van der Waals surface area (Å²) in [6, 6.07) is 7.14. The van der Waals surface area contributed by atoms with Gasteiger partial charge in [-0.3, -0.25) is 0 Å². The highest BCUT2D eigenvalue weighted by molar-refractivity contribution is 9.10. The molecule has 0 saturated heterocycles. The highest BCUT2D eigenvalue weighted by atomic mass is 79.9. The molecule has 0 radical (unpaired) electrons. The van der Waals surface area contributed by atoms with Crippen molar-refractivity contribution in [2.45, 2.75) is 13.8 Å². The van der Waals surface area contributed by atoms with Gasteiger partial charge in [-0.05, 0) is 28.1 Å². The van der Waals surface area contributed by atoms with Crippen molar-refractivity contribution in [3.05, 3.63) is 28.5 Å². The summed E-state index contributed by atoms with van der Waals surface area (Å²) in [5.41, 5.74) is 0.435. The van der Waals surface area contributed by atoms with E-state index in [1.165, 1.54) is 0 Å². The van der Waals surface area contributed by atoms with E-state index in [4.69, 9.17) is 5.26 Å². The van der Waals surface area contributed by atoms with Crippen molar-refractivity contribution < 1.29 is 0 Å². The van der Waals surface area contributed by atoms with Gasteiger partial charge in [-0.25, -0.2) is 4.98 Å². The first kappa shape index (κ1) is 10.1. The first-order valence-corrected chi connectivity index (χ1v) is 4.15. The molecule has 58 valence electrons. The van der Waals surface area contributed by atoms with Crippen LogP contribution in [0, 0.1) is 11.3 Å². The van der Waals surface area contributed by atoms with Gasteiger partial charge in [-0.1, -0.05) is 19.9 Å². The van der Waals surface area contributed by atoms with Crippen molar-refractivity contribution in [2.24, 2.45) is 0 Å². The van der Waals surface area contributed by atoms with E-state index < -0.39 is 0 Å². The molecule has 1 aromatic rings. The summed E-state index contributed by atoms with van der Waals surface area (Å²) in [7, 11) is 0. The summed E-state index contributed by atoms with van der Waals surface area (Å²) in [5.74, 6) is 0. The fourth-order valence-corrected chi connectivity index (χ4v) is 0.814. The monoisotopic (exact) mass is 212 g/mol. The van der Waals surface area contributed by atoms with Crippen molar-refractivity contribution in [1.82, 2.24) is 4.98 Å². The number of rotatable bonds is 0. The lowest BCUT2D eigenvalue weighted by molar-refractivity contribution is 1.22. The third-order valence-corrected chi connectivity index (χ3v) is 1.27. The van der Waals surface area contributed by atoms with E-state index in [2.05, 4.69) is 20.9 Å². The third kappa shape index (κ3) is 3.74. The number of nitriles is 1. The minimum absolute atomic E-state index is 0.435. The lowest BCUT2D eigenvalue weighted by Crippen LogP contribution is -1.79. The van der Waals surface area contributed by atoms with Gasteiger partial charge in [-0.2, -0.15) is 5.26 Å². The lowest BCUT2D eigenvalue weighted by atomic mass is 10.4. The van der Waals surface area contributed by atoms with E-state index in [0.29, 0.717) is 10.3 Å². The third-order valence-electron chi connectivity index (χ3n) is 0.830. The molecule has 0 bridgehead atoms. The van der Waals surface area contributed by atoms with Crippen LogP contribution in [0.4, 0.5) is 0 Å². The Labute approximate surface area is 75.0 Å². The number of nitrogens with zero attached hydrogens (tertiary/aromatic N) is 2. The quantitative estimate of drug-likeness (QED) is 0.621. The van der Waals surface area contributed by atoms with Crippen LogP contribution in [0.5, 0.6) is 0 Å². The van der Waals surface area contributed by atoms with Crippen LogP contribution in [0.1, 0.15) is 19.5 Å². The fourth-order valence-electron chi connectivity index (χ4n) is 0.471. The van der Waals surface area contributed by atoms with E-state index in [-0.39, 0.29) is 0 Å². The average molecular weight is 213 g/mol. The van der Waals surface area contributed by atoms with Crippen molar-refractivity contribution in [3.8, 4) is 6.07 Å². The Morgan fingerprint density at radius 3 is 2.45 bits per heavy atom. The molecule has 1 rings (SSSR count). The van der Waals surface area contributed by atoms with Crippen molar-refractivity contribution in [1.29, 1.82) is 5.26 Å². The fraction of sp³-hybridized carbons (Fsp3) is 0.250. The van der Waals surface area contributed by atoms with Crippen molar-refractivity contribution >= 4 is 15.9 Å². The van der Waals surface area contributed by atoms with E-state index >= 15 is 0 Å². The molecule has 2 nitrogen and oxygen atoms in total. The summed E-state index contributed by atoms with van der Waals surface area (Å²) >= 11 is 3.14. The molecule has 1 aromatic heterocycles. The van der Waals surface area contributed by atoms with Crippen LogP contribution in [0.2, 0.25) is 0 Å². The number of aromatic nitrogens is 1. The minimum atomic E-state index is 0.435. The second kappa shape index (κ2) is 5.87. The highest BCUT2D eigenvalue weighted by Crippen LogP contribution is 2.04. The zero-order valence-corrected chi connectivity index (χ0v) is 8.09. The van der Waals surface area contributed by atoms with Crippen LogP contribution in [-0.2, 0) is 0 Å². The van der Waals surface area contributed by atoms with Crippen LogP contribution in [0.25, 0.3) is 0 Å². The van der Waals surface area contributed by atoms with E-state index in [1.807, 2.05) is 19.9 Å². The van der Waals surface area contributed by atoms with Gasteiger partial charge in [0.25, 0.3) is 0 Å². The molecule has 0 saturated carbocycles. The smallest absolute Gasteiger partial charge is 0.141 e. The number of pyridine rings is 1. The molecule has 0 aliphatic rings. The Hall–Kier alpha value is -0.880. The average Bonchev–Trinajstić information content (AvgIpc) is 2.08. The summed E-state index contributed by atoms with van der Waals surface area (Å²) in [6.45, 7) is 4.00. The summed E-state index contributed by atoms with van der Waals surface area (Å²) in [5, 5.41) is 8.33. The molecule has 0 spiro atoms. The van der Waals surface area contributed by atoms with Gasteiger partial charge in [0.15, 0.2) is 0 Å². The Kier molecular flexibility index (Phi) is 5.40.